The van der Waals surface area contributed by atoms with Crippen molar-refractivity contribution in [2.75, 3.05) is 0 Å². The van der Waals surface area contributed by atoms with Gasteiger partial charge in [-0.05, 0) is 24.3 Å². The second-order valence-electron chi connectivity index (χ2n) is 3.20. The fourth-order valence-corrected chi connectivity index (χ4v) is 3.06. The van der Waals surface area contributed by atoms with Crippen LogP contribution in [0.4, 0.5) is 0 Å². The number of rotatable bonds is 2. The lowest BCUT2D eigenvalue weighted by atomic mass is 10.4. The average Bonchev–Trinajstić information content (AvgIpc) is 2.40. The number of benzene rings is 2. The molecule has 0 aliphatic rings. The maximum Gasteiger partial charge on any atom is 0.178 e. The molecule has 2 rings (SSSR count). The Hall–Kier alpha value is -1.39. The quantitative estimate of drug-likeness (QED) is 0.287. The summed E-state index contributed by atoms with van der Waals surface area (Å²) >= 11 is 2.89. The van der Waals surface area contributed by atoms with Gasteiger partial charge in [-0.25, -0.2) is 0 Å². The third kappa shape index (κ3) is 3.84. The van der Waals surface area contributed by atoms with Gasteiger partial charge < -0.3 is 5.21 Å². The minimum absolute atomic E-state index is 0.613. The van der Waals surface area contributed by atoms with Crippen LogP contribution in [-0.4, -0.2) is 9.58 Å². The molecule has 0 aliphatic carbocycles. The van der Waals surface area contributed by atoms with E-state index < -0.39 is 0 Å². The molecule has 0 aromatic heterocycles. The van der Waals surface area contributed by atoms with Crippen molar-refractivity contribution in [1.82, 2.24) is 0 Å². The van der Waals surface area contributed by atoms with E-state index >= 15 is 0 Å². The van der Waals surface area contributed by atoms with Gasteiger partial charge in [-0.1, -0.05) is 65.1 Å². The van der Waals surface area contributed by atoms with Gasteiger partial charge in [0.15, 0.2) is 4.38 Å². The van der Waals surface area contributed by atoms with Gasteiger partial charge in [0.1, 0.15) is 0 Å². The zero-order valence-corrected chi connectivity index (χ0v) is 10.6. The summed E-state index contributed by atoms with van der Waals surface area (Å²) in [6.45, 7) is 0. The van der Waals surface area contributed by atoms with Crippen LogP contribution in [0, 0.1) is 0 Å². The van der Waals surface area contributed by atoms with Gasteiger partial charge in [-0.15, -0.1) is 0 Å². The minimum atomic E-state index is 0.613. The number of thioether (sulfide) groups is 2. The molecule has 0 atom stereocenters. The molecule has 17 heavy (non-hydrogen) atoms. The molecule has 0 unspecified atom stereocenters. The smallest absolute Gasteiger partial charge is 0.178 e. The van der Waals surface area contributed by atoms with E-state index in [1.807, 2.05) is 60.7 Å². The van der Waals surface area contributed by atoms with Crippen LogP contribution in [0.1, 0.15) is 0 Å². The molecule has 0 heterocycles. The highest BCUT2D eigenvalue weighted by Crippen LogP contribution is 2.30. The zero-order valence-electron chi connectivity index (χ0n) is 8.98. The van der Waals surface area contributed by atoms with Crippen molar-refractivity contribution in [3.05, 3.63) is 60.7 Å². The number of oxime groups is 1. The van der Waals surface area contributed by atoms with E-state index in [4.69, 9.17) is 5.21 Å². The molecule has 0 fully saturated rings. The number of nitrogens with zero attached hydrogens (tertiary/aromatic N) is 1. The van der Waals surface area contributed by atoms with Gasteiger partial charge >= 0.3 is 0 Å². The van der Waals surface area contributed by atoms with E-state index in [-0.39, 0.29) is 0 Å². The van der Waals surface area contributed by atoms with E-state index in [0.29, 0.717) is 4.38 Å². The number of hydrogen-bond donors (Lipinski definition) is 1. The van der Waals surface area contributed by atoms with Crippen LogP contribution in [0.5, 0.6) is 0 Å². The minimum Gasteiger partial charge on any atom is -0.409 e. The zero-order chi connectivity index (χ0) is 11.9. The lowest BCUT2D eigenvalue weighted by Gasteiger charge is -2.03. The van der Waals surface area contributed by atoms with Crippen molar-refractivity contribution in [3.8, 4) is 0 Å². The topological polar surface area (TPSA) is 32.6 Å². The first-order valence-corrected chi connectivity index (χ1v) is 6.69. The van der Waals surface area contributed by atoms with Crippen LogP contribution in [0.25, 0.3) is 0 Å². The van der Waals surface area contributed by atoms with Crippen LogP contribution in [0.3, 0.4) is 0 Å². The molecule has 0 aliphatic heterocycles. The molecule has 2 aromatic carbocycles. The molecule has 4 heteroatoms. The van der Waals surface area contributed by atoms with Crippen LogP contribution in [0.15, 0.2) is 75.6 Å². The summed E-state index contributed by atoms with van der Waals surface area (Å²) in [7, 11) is 0. The van der Waals surface area contributed by atoms with Gasteiger partial charge in [0.05, 0.1) is 0 Å². The maximum atomic E-state index is 8.99. The first-order chi connectivity index (χ1) is 8.38. The van der Waals surface area contributed by atoms with Crippen LogP contribution >= 0.6 is 23.5 Å². The molecule has 2 aromatic rings. The second kappa shape index (κ2) is 6.37. The van der Waals surface area contributed by atoms with Crippen molar-refractivity contribution in [3.63, 3.8) is 0 Å². The molecular formula is C13H11NOS2. The van der Waals surface area contributed by atoms with E-state index in [2.05, 4.69) is 5.16 Å². The lowest BCUT2D eigenvalue weighted by molar-refractivity contribution is 0.322. The van der Waals surface area contributed by atoms with E-state index in [9.17, 15) is 0 Å². The Labute approximate surface area is 109 Å². The summed E-state index contributed by atoms with van der Waals surface area (Å²) < 4.78 is 0.613. The van der Waals surface area contributed by atoms with Crippen molar-refractivity contribution < 1.29 is 5.21 Å². The molecule has 86 valence electrons. The standard InChI is InChI=1S/C13H11NOS2/c15-14-13(16-11-7-3-1-4-8-11)17-12-9-5-2-6-10-12/h1-10,15H. The molecule has 0 amide bonds. The Morgan fingerprint density at radius 1 is 0.765 bits per heavy atom. The van der Waals surface area contributed by atoms with Crippen molar-refractivity contribution >= 4 is 27.9 Å². The van der Waals surface area contributed by atoms with Gasteiger partial charge in [-0.3, -0.25) is 0 Å². The summed E-state index contributed by atoms with van der Waals surface area (Å²) in [6.07, 6.45) is 0. The van der Waals surface area contributed by atoms with Gasteiger partial charge in [0.2, 0.25) is 0 Å². The van der Waals surface area contributed by atoms with E-state index in [0.717, 1.165) is 9.79 Å². The molecule has 2 nitrogen and oxygen atoms in total. The van der Waals surface area contributed by atoms with Gasteiger partial charge in [-0.2, -0.15) is 0 Å². The third-order valence-corrected chi connectivity index (χ3v) is 4.01. The van der Waals surface area contributed by atoms with Crippen LogP contribution in [-0.2, 0) is 0 Å². The van der Waals surface area contributed by atoms with Crippen LogP contribution < -0.4 is 0 Å². The Morgan fingerprint density at radius 2 is 1.18 bits per heavy atom. The Balaban J connectivity index is 2.04. The fraction of sp³-hybridized carbons (Fsp3) is 0. The molecule has 0 saturated heterocycles. The highest BCUT2D eigenvalue weighted by molar-refractivity contribution is 8.38. The SMILES string of the molecule is ON=C(Sc1ccccc1)Sc1ccccc1. The van der Waals surface area contributed by atoms with E-state index in [1.165, 1.54) is 23.5 Å². The Morgan fingerprint density at radius 3 is 1.53 bits per heavy atom. The molecule has 0 radical (unpaired) electrons. The molecule has 0 saturated carbocycles. The number of hydrogen-bond acceptors (Lipinski definition) is 4. The molecule has 1 N–H and O–H groups in total. The predicted molar refractivity (Wildman–Crippen MR) is 73.8 cm³/mol. The van der Waals surface area contributed by atoms with Crippen molar-refractivity contribution in [2.24, 2.45) is 5.16 Å². The Bertz CT molecular complexity index is 442. The fourth-order valence-electron chi connectivity index (χ4n) is 1.24. The normalized spacial score (nSPS) is 9.88. The molecule has 0 bridgehead atoms. The lowest BCUT2D eigenvalue weighted by Crippen LogP contribution is -1.85. The summed E-state index contributed by atoms with van der Waals surface area (Å²) in [4.78, 5) is 2.12. The highest BCUT2D eigenvalue weighted by atomic mass is 32.2. The highest BCUT2D eigenvalue weighted by Gasteiger charge is 2.05. The average molecular weight is 261 g/mol. The van der Waals surface area contributed by atoms with Crippen molar-refractivity contribution in [1.29, 1.82) is 0 Å². The predicted octanol–water partition coefficient (Wildman–Crippen LogP) is 4.32. The second-order valence-corrected chi connectivity index (χ2v) is 5.58. The summed E-state index contributed by atoms with van der Waals surface area (Å²) in [5.41, 5.74) is 0. The maximum absolute atomic E-state index is 8.99. The van der Waals surface area contributed by atoms with Crippen LogP contribution in [0.2, 0.25) is 0 Å². The third-order valence-electron chi connectivity index (χ3n) is 1.98. The van der Waals surface area contributed by atoms with E-state index in [1.54, 1.807) is 0 Å². The molecule has 0 spiro atoms. The summed E-state index contributed by atoms with van der Waals surface area (Å²) in [5.74, 6) is 0. The molecular weight excluding hydrogens is 250 g/mol. The summed E-state index contributed by atoms with van der Waals surface area (Å²) in [5, 5.41) is 12.3. The first kappa shape index (κ1) is 12.1. The van der Waals surface area contributed by atoms with Gasteiger partial charge in [0.25, 0.3) is 0 Å². The first-order valence-electron chi connectivity index (χ1n) is 5.06. The largest absolute Gasteiger partial charge is 0.409 e. The van der Waals surface area contributed by atoms with Crippen molar-refractivity contribution in [2.45, 2.75) is 9.79 Å². The van der Waals surface area contributed by atoms with Gasteiger partial charge in [0, 0.05) is 9.79 Å². The monoisotopic (exact) mass is 261 g/mol. The Kier molecular flexibility index (Phi) is 4.53. The summed E-state index contributed by atoms with van der Waals surface area (Å²) in [6, 6.07) is 19.7.